The molecule has 6 heteroatoms. The molecule has 1 aliphatic carbocycles. The van der Waals surface area contributed by atoms with Crippen LogP contribution >= 0.6 is 11.6 Å². The Morgan fingerprint density at radius 2 is 2.00 bits per heavy atom. The van der Waals surface area contributed by atoms with Crippen LogP contribution < -0.4 is 4.90 Å². The van der Waals surface area contributed by atoms with Gasteiger partial charge in [0, 0.05) is 18.2 Å². The summed E-state index contributed by atoms with van der Waals surface area (Å²) in [4.78, 5) is 28.0. The van der Waals surface area contributed by atoms with E-state index < -0.39 is 0 Å². The van der Waals surface area contributed by atoms with Gasteiger partial charge in [0.15, 0.2) is 5.69 Å². The number of amides is 1. The Balaban J connectivity index is 2.01. The maximum absolute atomic E-state index is 13.2. The first-order valence-electron chi connectivity index (χ1n) is 8.35. The first kappa shape index (κ1) is 16.8. The van der Waals surface area contributed by atoms with Crippen molar-refractivity contribution in [2.75, 3.05) is 4.90 Å². The van der Waals surface area contributed by atoms with E-state index in [1.807, 2.05) is 32.0 Å². The summed E-state index contributed by atoms with van der Waals surface area (Å²) in [6, 6.07) is 5.73. The summed E-state index contributed by atoms with van der Waals surface area (Å²) in [6.07, 6.45) is 7.41. The van der Waals surface area contributed by atoms with Gasteiger partial charge in [0.1, 0.15) is 11.6 Å². The van der Waals surface area contributed by atoms with Gasteiger partial charge in [-0.1, -0.05) is 44.4 Å². The van der Waals surface area contributed by atoms with Crippen molar-refractivity contribution in [2.24, 2.45) is 0 Å². The van der Waals surface area contributed by atoms with Crippen LogP contribution in [-0.2, 0) is 0 Å². The van der Waals surface area contributed by atoms with Gasteiger partial charge in [-0.25, -0.2) is 15.0 Å². The number of anilines is 1. The summed E-state index contributed by atoms with van der Waals surface area (Å²) in [5.41, 5.74) is 0.257. The molecule has 0 N–H and O–H groups in total. The molecule has 126 valence electrons. The number of aromatic nitrogens is 3. The Labute approximate surface area is 147 Å². The summed E-state index contributed by atoms with van der Waals surface area (Å²) in [7, 11) is 0. The molecule has 0 radical (unpaired) electrons. The normalized spacial score (nSPS) is 15.0. The molecule has 1 aliphatic rings. The molecule has 0 bridgehead atoms. The van der Waals surface area contributed by atoms with E-state index in [-0.39, 0.29) is 28.6 Å². The highest BCUT2D eigenvalue weighted by molar-refractivity contribution is 6.34. The molecule has 5 nitrogen and oxygen atoms in total. The fourth-order valence-electron chi connectivity index (χ4n) is 3.04. The van der Waals surface area contributed by atoms with Crippen molar-refractivity contribution in [3.05, 3.63) is 47.1 Å². The minimum absolute atomic E-state index is 0.128. The molecule has 24 heavy (non-hydrogen) atoms. The number of carbonyl (C=O) groups is 1. The zero-order valence-electron chi connectivity index (χ0n) is 13.9. The van der Waals surface area contributed by atoms with E-state index >= 15 is 0 Å². The highest BCUT2D eigenvalue weighted by Crippen LogP contribution is 2.29. The molecular weight excluding hydrogens is 324 g/mol. The molecule has 2 heterocycles. The molecule has 0 aromatic carbocycles. The molecule has 0 spiro atoms. The molecule has 3 rings (SSSR count). The van der Waals surface area contributed by atoms with Crippen molar-refractivity contribution in [1.29, 1.82) is 0 Å². The number of pyridine rings is 1. The second kappa shape index (κ2) is 7.26. The van der Waals surface area contributed by atoms with Crippen LogP contribution in [-0.4, -0.2) is 26.9 Å². The first-order valence-corrected chi connectivity index (χ1v) is 8.72. The molecule has 1 amide bonds. The Kier molecular flexibility index (Phi) is 5.09. The van der Waals surface area contributed by atoms with Gasteiger partial charge in [0.25, 0.3) is 5.91 Å². The number of nitrogens with zero attached hydrogens (tertiary/aromatic N) is 4. The molecule has 0 aliphatic heterocycles. The van der Waals surface area contributed by atoms with Gasteiger partial charge < -0.3 is 0 Å². The van der Waals surface area contributed by atoms with Gasteiger partial charge in [-0.2, -0.15) is 0 Å². The summed E-state index contributed by atoms with van der Waals surface area (Å²) < 4.78 is 0. The van der Waals surface area contributed by atoms with Gasteiger partial charge >= 0.3 is 0 Å². The van der Waals surface area contributed by atoms with E-state index in [9.17, 15) is 4.79 Å². The third kappa shape index (κ3) is 3.41. The maximum Gasteiger partial charge on any atom is 0.279 e. The largest absolute Gasteiger partial charge is 0.288 e. The van der Waals surface area contributed by atoms with Crippen LogP contribution in [0.15, 0.2) is 30.6 Å². The molecule has 1 saturated carbocycles. The Morgan fingerprint density at radius 3 is 2.62 bits per heavy atom. The maximum atomic E-state index is 13.2. The number of carbonyl (C=O) groups excluding carboxylic acids is 1. The van der Waals surface area contributed by atoms with E-state index in [1.165, 1.54) is 6.20 Å². The Bertz CT molecular complexity index is 714. The third-order valence-electron chi connectivity index (χ3n) is 4.29. The standard InChI is InChI=1S/C18H21ClN4O/c1-12(2)17-21-11-14(19)16(22-17)18(24)23(13-7-3-4-8-13)15-9-5-6-10-20-15/h5-6,9-13H,3-4,7-8H2,1-2H3. The summed E-state index contributed by atoms with van der Waals surface area (Å²) in [5.74, 6) is 1.20. The van der Waals surface area contributed by atoms with Gasteiger partial charge in [-0.3, -0.25) is 9.69 Å². The summed E-state index contributed by atoms with van der Waals surface area (Å²) in [6.45, 7) is 3.98. The van der Waals surface area contributed by atoms with Gasteiger partial charge in [0.05, 0.1) is 11.2 Å². The zero-order valence-corrected chi connectivity index (χ0v) is 14.7. The summed E-state index contributed by atoms with van der Waals surface area (Å²) >= 11 is 6.24. The SMILES string of the molecule is CC(C)c1ncc(Cl)c(C(=O)N(c2ccccn2)C2CCCC2)n1. The Morgan fingerprint density at radius 1 is 1.25 bits per heavy atom. The van der Waals surface area contributed by atoms with Crippen molar-refractivity contribution in [2.45, 2.75) is 51.5 Å². The predicted octanol–water partition coefficient (Wildman–Crippen LogP) is 4.24. The molecule has 2 aromatic heterocycles. The van der Waals surface area contributed by atoms with Gasteiger partial charge in [0.2, 0.25) is 0 Å². The van der Waals surface area contributed by atoms with Crippen LogP contribution in [0, 0.1) is 0 Å². The fraction of sp³-hybridized carbons (Fsp3) is 0.444. The van der Waals surface area contributed by atoms with Crippen molar-refractivity contribution in [3.63, 3.8) is 0 Å². The van der Waals surface area contributed by atoms with Crippen LogP contribution in [0.25, 0.3) is 0 Å². The lowest BCUT2D eigenvalue weighted by Gasteiger charge is -2.28. The van der Waals surface area contributed by atoms with E-state index in [1.54, 1.807) is 11.1 Å². The molecule has 2 aromatic rings. The van der Waals surface area contributed by atoms with Crippen molar-refractivity contribution in [3.8, 4) is 0 Å². The van der Waals surface area contributed by atoms with Crippen molar-refractivity contribution >= 4 is 23.3 Å². The lowest BCUT2D eigenvalue weighted by Crippen LogP contribution is -2.40. The predicted molar refractivity (Wildman–Crippen MR) is 94.4 cm³/mol. The van der Waals surface area contributed by atoms with E-state index in [2.05, 4.69) is 15.0 Å². The van der Waals surface area contributed by atoms with Crippen LogP contribution in [0.4, 0.5) is 5.82 Å². The first-order chi connectivity index (χ1) is 11.6. The molecule has 1 fully saturated rings. The van der Waals surface area contributed by atoms with Crippen molar-refractivity contribution in [1.82, 2.24) is 15.0 Å². The Hall–Kier alpha value is -2.01. The number of rotatable bonds is 4. The number of hydrogen-bond donors (Lipinski definition) is 0. The topological polar surface area (TPSA) is 59.0 Å². The van der Waals surface area contributed by atoms with Gasteiger partial charge in [-0.15, -0.1) is 0 Å². The van der Waals surface area contributed by atoms with Crippen LogP contribution in [0.1, 0.15) is 61.8 Å². The smallest absolute Gasteiger partial charge is 0.279 e. The average Bonchev–Trinajstić information content (AvgIpc) is 3.10. The highest BCUT2D eigenvalue weighted by Gasteiger charge is 2.31. The third-order valence-corrected chi connectivity index (χ3v) is 4.56. The highest BCUT2D eigenvalue weighted by atomic mass is 35.5. The number of hydrogen-bond acceptors (Lipinski definition) is 4. The molecular formula is C18H21ClN4O. The lowest BCUT2D eigenvalue weighted by molar-refractivity contribution is 0.0971. The minimum atomic E-state index is -0.199. The minimum Gasteiger partial charge on any atom is -0.288 e. The second-order valence-corrected chi connectivity index (χ2v) is 6.79. The monoisotopic (exact) mass is 344 g/mol. The van der Waals surface area contributed by atoms with Crippen LogP contribution in [0.2, 0.25) is 5.02 Å². The second-order valence-electron chi connectivity index (χ2n) is 6.38. The quantitative estimate of drug-likeness (QED) is 0.832. The number of halogens is 1. The molecule has 0 saturated heterocycles. The van der Waals surface area contributed by atoms with E-state index in [4.69, 9.17) is 11.6 Å². The van der Waals surface area contributed by atoms with E-state index in [0.29, 0.717) is 11.6 Å². The van der Waals surface area contributed by atoms with Crippen LogP contribution in [0.3, 0.4) is 0 Å². The van der Waals surface area contributed by atoms with Crippen molar-refractivity contribution < 1.29 is 4.79 Å². The van der Waals surface area contributed by atoms with Crippen LogP contribution in [0.5, 0.6) is 0 Å². The fourth-order valence-corrected chi connectivity index (χ4v) is 3.21. The van der Waals surface area contributed by atoms with Gasteiger partial charge in [-0.05, 0) is 25.0 Å². The molecule has 0 unspecified atom stereocenters. The molecule has 0 atom stereocenters. The average molecular weight is 345 g/mol. The lowest BCUT2D eigenvalue weighted by atomic mass is 10.1. The van der Waals surface area contributed by atoms with E-state index in [0.717, 1.165) is 25.7 Å². The zero-order chi connectivity index (χ0) is 17.1. The summed E-state index contributed by atoms with van der Waals surface area (Å²) in [5, 5.41) is 0.281.